The first kappa shape index (κ1) is 93.4. The number of nitrogens with zero attached hydrogens (tertiary/aromatic N) is 7. The van der Waals surface area contributed by atoms with Crippen molar-refractivity contribution in [3.63, 3.8) is 0 Å². The topological polar surface area (TPSA) is 231 Å². The number of aryl methyl sites for hydroxylation is 5. The first-order valence-corrected chi connectivity index (χ1v) is 42.9. The molecule has 35 heteroatoms. The standard InChI is InChI=1S/C26H24F3N3O3.C25H23F3N2O3.2C22H20F3N3O2S/c1-15-6-7-19(30-24(33)16-4-3-5-18(8-16)26(27,28)29)10-22(15)17-9-23(25(34)31(2)12-17)32-13-20-11-21(14-32)35-20;1-16-5-6-20(29-24(32)17-3-2-4-19(11-17)25(26,27)28)14-23(16)18-12-21(15-22(31)13-18)30-7-9-33-10-8-30;1-14-5-6-17(26-20(29)15-3-2-4-16(11-15)22(23,24)25)12-18(14)19-13-31-21(27-19)28-7-9-30-10-8-28;1-14-5-6-17(27-20(29)15-3-2-4-16(11-15)22(23,24)25)12-18(14)19-13-26-21(31-19)28-7-9-30-10-8-28/h3-10,12,20-21H,11,13-14H2,1-2H3,(H,30,33);2-6,11,13-15H,7-10,12H2,1H3,(H,29,32);2-6,11-13H,7-10H2,1H3,(H,26,29);2-6,11-13H,7-10H2,1H3,(H,27,29). The number of ketones is 1. The van der Waals surface area contributed by atoms with Gasteiger partial charge < -0.3 is 64.4 Å². The summed E-state index contributed by atoms with van der Waals surface area (Å²) < 4.78 is 179. The zero-order valence-corrected chi connectivity index (χ0v) is 72.3. The van der Waals surface area contributed by atoms with Crippen molar-refractivity contribution in [2.24, 2.45) is 7.05 Å². The molecule has 678 valence electrons. The number of halogens is 12. The molecule has 18 rings (SSSR count). The van der Waals surface area contributed by atoms with Crippen molar-refractivity contribution in [3.05, 3.63) is 294 Å². The van der Waals surface area contributed by atoms with E-state index < -0.39 is 70.6 Å². The van der Waals surface area contributed by atoms with Gasteiger partial charge in [0.25, 0.3) is 29.2 Å². The summed E-state index contributed by atoms with van der Waals surface area (Å²) in [4.78, 5) is 94.4. The van der Waals surface area contributed by atoms with Crippen LogP contribution in [0.15, 0.2) is 216 Å². The van der Waals surface area contributed by atoms with Crippen molar-refractivity contribution >= 4 is 96.4 Å². The van der Waals surface area contributed by atoms with Crippen molar-refractivity contribution in [2.45, 2.75) is 77.4 Å². The largest absolute Gasteiger partial charge is 0.416 e. The molecule has 0 spiro atoms. The summed E-state index contributed by atoms with van der Waals surface area (Å²) in [6.45, 7) is 17.6. The number of amides is 4. The van der Waals surface area contributed by atoms with Gasteiger partial charge in [0, 0.05) is 158 Å². The molecule has 0 saturated carbocycles. The molecule has 21 nitrogen and oxygen atoms in total. The van der Waals surface area contributed by atoms with Gasteiger partial charge in [0.1, 0.15) is 5.69 Å². The van der Waals surface area contributed by atoms with Crippen LogP contribution in [0.4, 0.5) is 91.4 Å². The second-order valence-electron chi connectivity index (χ2n) is 31.5. The highest BCUT2D eigenvalue weighted by molar-refractivity contribution is 7.19. The number of carbonyl (C=O) groups is 5. The Morgan fingerprint density at radius 1 is 0.438 bits per heavy atom. The predicted octanol–water partition coefficient (Wildman–Crippen LogP) is 19.9. The quantitative estimate of drug-likeness (QED) is 0.0659. The lowest BCUT2D eigenvalue weighted by molar-refractivity contribution is -0.138. The second kappa shape index (κ2) is 40.1. The highest BCUT2D eigenvalue weighted by Gasteiger charge is 2.40. The summed E-state index contributed by atoms with van der Waals surface area (Å²) in [5, 5.41) is 14.5. The smallest absolute Gasteiger partial charge is 0.378 e. The number of hydrogen-bond acceptors (Lipinski definition) is 18. The van der Waals surface area contributed by atoms with Crippen LogP contribution in [0.1, 0.15) is 104 Å². The summed E-state index contributed by atoms with van der Waals surface area (Å²) in [5.74, 6) is -2.58. The number of aromatic nitrogens is 3. The molecule has 7 aliphatic rings. The third kappa shape index (κ3) is 23.4. The molecule has 6 aliphatic heterocycles. The number of anilines is 7. The minimum absolute atomic E-state index is 0.0515. The number of hydrogen-bond donors (Lipinski definition) is 4. The Balaban J connectivity index is 0.000000140. The molecule has 11 aromatic rings. The number of piperidine rings is 1. The van der Waals surface area contributed by atoms with E-state index in [1.54, 1.807) is 101 Å². The normalized spacial score (nSPS) is 16.4. The summed E-state index contributed by atoms with van der Waals surface area (Å²) in [7, 11) is 1.70. The van der Waals surface area contributed by atoms with Crippen LogP contribution in [0.25, 0.3) is 38.4 Å². The molecule has 2 bridgehead atoms. The monoisotopic (exact) mass is 1830 g/mol. The molecule has 8 aromatic carbocycles. The lowest BCUT2D eigenvalue weighted by Crippen LogP contribution is -2.58. The molecule has 0 radical (unpaired) electrons. The zero-order chi connectivity index (χ0) is 92.5. The average Bonchev–Trinajstić information content (AvgIpc) is 1.02. The van der Waals surface area contributed by atoms with Crippen LogP contribution in [0.2, 0.25) is 0 Å². The number of alkyl halides is 12. The van der Waals surface area contributed by atoms with Crippen molar-refractivity contribution in [3.8, 4) is 32.8 Å². The highest BCUT2D eigenvalue weighted by Crippen LogP contribution is 2.41. The maximum atomic E-state index is 13.0. The Labute approximate surface area is 747 Å². The molecule has 130 heavy (non-hydrogen) atoms. The van der Waals surface area contributed by atoms with Crippen molar-refractivity contribution in [1.82, 2.24) is 19.4 Å². The molecule has 6 fully saturated rings. The van der Waals surface area contributed by atoms with E-state index in [-0.39, 0.29) is 45.8 Å². The zero-order valence-electron chi connectivity index (χ0n) is 70.7. The number of nitrogens with one attached hydrogen (secondary N) is 4. The van der Waals surface area contributed by atoms with Crippen molar-refractivity contribution in [2.75, 3.05) is 128 Å². The molecule has 9 heterocycles. The molecule has 2 unspecified atom stereocenters. The van der Waals surface area contributed by atoms with E-state index >= 15 is 0 Å². The number of morpholine rings is 4. The molecule has 1 aliphatic carbocycles. The lowest BCUT2D eigenvalue weighted by atomic mass is 9.91. The Morgan fingerprint density at radius 2 is 0.815 bits per heavy atom. The van der Waals surface area contributed by atoms with Crippen molar-refractivity contribution in [1.29, 1.82) is 0 Å². The summed E-state index contributed by atoms with van der Waals surface area (Å²) in [6.07, 6.45) is -9.41. The van der Waals surface area contributed by atoms with Gasteiger partial charge in [-0.2, -0.15) is 52.7 Å². The number of rotatable bonds is 16. The Kier molecular flexibility index (Phi) is 28.8. The van der Waals surface area contributed by atoms with Gasteiger partial charge >= 0.3 is 24.7 Å². The van der Waals surface area contributed by atoms with E-state index in [0.717, 1.165) is 176 Å². The molecule has 4 amide bonds. The Bertz CT molecular complexity index is 5980. The molecule has 6 saturated heterocycles. The molecule has 4 N–H and O–H groups in total. The number of fused-ring (bicyclic) bond motifs is 2. The van der Waals surface area contributed by atoms with Crippen LogP contribution in [0, 0.1) is 27.7 Å². The minimum atomic E-state index is -4.53. The fourth-order valence-corrected chi connectivity index (χ4v) is 17.2. The number of thiazole rings is 2. The van der Waals surface area contributed by atoms with Gasteiger partial charge in [-0.15, -0.1) is 11.3 Å². The number of allylic oxidation sites excluding steroid dienone is 3. The van der Waals surface area contributed by atoms with E-state index in [9.17, 15) is 81.5 Å². The predicted molar refractivity (Wildman–Crippen MR) is 475 cm³/mol. The highest BCUT2D eigenvalue weighted by atomic mass is 32.1. The summed E-state index contributed by atoms with van der Waals surface area (Å²) >= 11 is 3.10. The lowest BCUT2D eigenvalue weighted by Gasteiger charge is -2.47. The van der Waals surface area contributed by atoms with Gasteiger partial charge in [0.15, 0.2) is 16.0 Å². The first-order valence-electron chi connectivity index (χ1n) is 41.3. The Morgan fingerprint density at radius 3 is 1.25 bits per heavy atom. The Hall–Kier alpha value is -12.8. The third-order valence-electron chi connectivity index (χ3n) is 22.2. The van der Waals surface area contributed by atoms with Crippen LogP contribution < -0.4 is 41.5 Å². The second-order valence-corrected chi connectivity index (χ2v) is 33.4. The van der Waals surface area contributed by atoms with Crippen LogP contribution in [-0.4, -0.2) is 153 Å². The maximum Gasteiger partial charge on any atom is 0.416 e. The molecule has 2 atom stereocenters. The maximum absolute atomic E-state index is 13.0. The SMILES string of the molecule is Cc1ccc(NC(=O)c2cccc(C(F)(F)F)c2)cc1-c1cc(N2CC3CC(C2)O3)c(=O)n(C)c1.Cc1ccc(NC(=O)c2cccc(C(F)(F)F)c2)cc1-c1cnc(N2CCOCC2)s1.Cc1ccc(NC(=O)c2cccc(C(F)(F)F)c2)cc1-c1csc(N2CCOCC2)n1.Cc1ccc(NC(=O)c2cccc(C(F)(F)F)c2)cc1C1=CC(=O)C=C(N2CCOCC2)C1. The van der Waals surface area contributed by atoms with E-state index in [1.165, 1.54) is 48.5 Å². The van der Waals surface area contributed by atoms with Gasteiger partial charge in [0.05, 0.1) is 84.7 Å². The van der Waals surface area contributed by atoms with E-state index in [4.69, 9.17) is 23.9 Å². The van der Waals surface area contributed by atoms with E-state index in [0.29, 0.717) is 87.6 Å². The summed E-state index contributed by atoms with van der Waals surface area (Å²) in [5.41, 5.74) is 9.20. The summed E-state index contributed by atoms with van der Waals surface area (Å²) in [6, 6.07) is 40.5. The van der Waals surface area contributed by atoms with Gasteiger partial charge in [-0.25, -0.2) is 9.97 Å². The van der Waals surface area contributed by atoms with Gasteiger partial charge in [-0.1, -0.05) is 59.9 Å². The molecule has 3 aromatic heterocycles. The number of carbonyl (C=O) groups excluding carboxylic acids is 5. The number of pyridine rings is 1. The minimum Gasteiger partial charge on any atom is -0.378 e. The van der Waals surface area contributed by atoms with Crippen LogP contribution in [0.5, 0.6) is 0 Å². The molecular weight excluding hydrogens is 1750 g/mol. The van der Waals surface area contributed by atoms with Crippen LogP contribution in [-0.2, 0) is 55.5 Å². The molecular formula is C95H87F12N11O10S2. The average molecular weight is 1830 g/mol. The first-order chi connectivity index (χ1) is 61.9. The van der Waals surface area contributed by atoms with Crippen LogP contribution >= 0.6 is 22.7 Å². The van der Waals surface area contributed by atoms with E-state index in [2.05, 4.69) is 45.9 Å². The fraction of sp³-hybridized carbons (Fsp3) is 0.284. The van der Waals surface area contributed by atoms with Crippen LogP contribution in [0.3, 0.4) is 0 Å². The van der Waals surface area contributed by atoms with Gasteiger partial charge in [-0.3, -0.25) is 28.8 Å². The van der Waals surface area contributed by atoms with Gasteiger partial charge in [0.2, 0.25) is 0 Å². The number of ether oxygens (including phenoxy) is 4. The third-order valence-corrected chi connectivity index (χ3v) is 24.2. The fourth-order valence-electron chi connectivity index (χ4n) is 15.3. The van der Waals surface area contributed by atoms with Gasteiger partial charge in [-0.05, 0) is 206 Å². The van der Waals surface area contributed by atoms with E-state index in [1.807, 2.05) is 69.5 Å². The van der Waals surface area contributed by atoms with Crippen molar-refractivity contribution < 1.29 is 95.6 Å². The number of benzene rings is 8.